The second kappa shape index (κ2) is 3.52. The molecule has 74 valence electrons. The van der Waals surface area contributed by atoms with Crippen LogP contribution in [0.5, 0.6) is 0 Å². The average molecular weight is 254 g/mol. The molecule has 0 radical (unpaired) electrons. The summed E-state index contributed by atoms with van der Waals surface area (Å²) in [7, 11) is 0. The highest BCUT2D eigenvalue weighted by atomic mass is 35.5. The van der Waals surface area contributed by atoms with Crippen molar-refractivity contribution in [1.82, 2.24) is 15.0 Å². The van der Waals surface area contributed by atoms with Crippen molar-refractivity contribution >= 4 is 44.5 Å². The maximum Gasteiger partial charge on any atom is 0.156 e. The molecule has 3 nitrogen and oxygen atoms in total. The predicted octanol–water partition coefficient (Wildman–Crippen LogP) is 3.47. The highest BCUT2D eigenvalue weighted by molar-refractivity contribution is 7.22. The van der Waals surface area contributed by atoms with Gasteiger partial charge in [0.1, 0.15) is 16.2 Å². The van der Waals surface area contributed by atoms with Crippen molar-refractivity contribution in [3.05, 3.63) is 28.3 Å². The van der Waals surface area contributed by atoms with Gasteiger partial charge in [0.25, 0.3) is 0 Å². The van der Waals surface area contributed by atoms with Gasteiger partial charge in [-0.05, 0) is 6.07 Å². The molecule has 0 aliphatic carbocycles. The van der Waals surface area contributed by atoms with E-state index in [0.29, 0.717) is 5.15 Å². The standard InChI is InChI=1S/C9H4ClN3S2/c10-8-7-6(1-2-11-8)15-9(13-7)5-3-14-4-12-5/h1-4H. The Bertz CT molecular complexity index is 603. The molecule has 0 fully saturated rings. The maximum absolute atomic E-state index is 5.95. The smallest absolute Gasteiger partial charge is 0.156 e. The number of nitrogens with zero attached hydrogens (tertiary/aromatic N) is 3. The van der Waals surface area contributed by atoms with Crippen LogP contribution in [0.4, 0.5) is 0 Å². The first-order chi connectivity index (χ1) is 7.34. The number of hydrogen-bond donors (Lipinski definition) is 0. The van der Waals surface area contributed by atoms with E-state index in [1.807, 2.05) is 11.4 Å². The molecule has 6 heteroatoms. The number of rotatable bonds is 1. The van der Waals surface area contributed by atoms with Crippen LogP contribution in [0, 0.1) is 0 Å². The van der Waals surface area contributed by atoms with E-state index in [1.165, 1.54) is 0 Å². The molecule has 15 heavy (non-hydrogen) atoms. The molecule has 0 aliphatic rings. The zero-order valence-corrected chi connectivity index (χ0v) is 9.73. The second-order valence-electron chi connectivity index (χ2n) is 2.84. The van der Waals surface area contributed by atoms with Crippen molar-refractivity contribution in [1.29, 1.82) is 0 Å². The number of hydrogen-bond acceptors (Lipinski definition) is 5. The molecule has 3 rings (SSSR count). The Morgan fingerprint density at radius 2 is 2.20 bits per heavy atom. The van der Waals surface area contributed by atoms with Gasteiger partial charge >= 0.3 is 0 Å². The van der Waals surface area contributed by atoms with E-state index in [4.69, 9.17) is 11.6 Å². The molecular formula is C9H4ClN3S2. The fourth-order valence-corrected chi connectivity index (χ4v) is 3.05. The van der Waals surface area contributed by atoms with Gasteiger partial charge < -0.3 is 0 Å². The van der Waals surface area contributed by atoms with Crippen LogP contribution < -0.4 is 0 Å². The largest absolute Gasteiger partial charge is 0.242 e. The Hall–Kier alpha value is -1.04. The van der Waals surface area contributed by atoms with Gasteiger partial charge in [-0.15, -0.1) is 22.7 Å². The van der Waals surface area contributed by atoms with Crippen LogP contribution in [0.1, 0.15) is 0 Å². The van der Waals surface area contributed by atoms with Crippen molar-refractivity contribution in [2.24, 2.45) is 0 Å². The van der Waals surface area contributed by atoms with E-state index in [9.17, 15) is 0 Å². The highest BCUT2D eigenvalue weighted by Gasteiger charge is 2.10. The second-order valence-corrected chi connectivity index (χ2v) is 4.95. The lowest BCUT2D eigenvalue weighted by atomic mass is 10.4. The van der Waals surface area contributed by atoms with E-state index in [0.717, 1.165) is 20.9 Å². The monoisotopic (exact) mass is 253 g/mol. The van der Waals surface area contributed by atoms with Crippen LogP contribution in [0.15, 0.2) is 23.2 Å². The molecule has 0 N–H and O–H groups in total. The average Bonchev–Trinajstić information content (AvgIpc) is 2.86. The van der Waals surface area contributed by atoms with Gasteiger partial charge in [0, 0.05) is 11.6 Å². The Labute approximate surface area is 98.4 Å². The Balaban J connectivity index is 2.27. The fraction of sp³-hybridized carbons (Fsp3) is 0. The third kappa shape index (κ3) is 1.52. The van der Waals surface area contributed by atoms with Crippen LogP contribution >= 0.6 is 34.3 Å². The van der Waals surface area contributed by atoms with E-state index < -0.39 is 0 Å². The lowest BCUT2D eigenvalue weighted by Crippen LogP contribution is -1.76. The summed E-state index contributed by atoms with van der Waals surface area (Å²) in [4.78, 5) is 12.6. The van der Waals surface area contributed by atoms with E-state index in [1.54, 1.807) is 34.4 Å². The van der Waals surface area contributed by atoms with Crippen molar-refractivity contribution in [2.75, 3.05) is 0 Å². The van der Waals surface area contributed by atoms with Gasteiger partial charge in [0.2, 0.25) is 0 Å². The summed E-state index contributed by atoms with van der Waals surface area (Å²) in [6.07, 6.45) is 1.69. The van der Waals surface area contributed by atoms with Crippen LogP contribution in [-0.4, -0.2) is 15.0 Å². The predicted molar refractivity (Wildman–Crippen MR) is 63.5 cm³/mol. The zero-order chi connectivity index (χ0) is 10.3. The van der Waals surface area contributed by atoms with Gasteiger partial charge in [0.05, 0.1) is 10.2 Å². The van der Waals surface area contributed by atoms with Crippen molar-refractivity contribution in [3.8, 4) is 10.7 Å². The van der Waals surface area contributed by atoms with Crippen LogP contribution in [-0.2, 0) is 0 Å². The summed E-state index contributed by atoms with van der Waals surface area (Å²) < 4.78 is 1.04. The first kappa shape index (κ1) is 9.21. The molecule has 0 unspecified atom stereocenters. The van der Waals surface area contributed by atoms with Gasteiger partial charge in [-0.25, -0.2) is 15.0 Å². The molecule has 3 aromatic heterocycles. The number of halogens is 1. The van der Waals surface area contributed by atoms with Crippen molar-refractivity contribution < 1.29 is 0 Å². The summed E-state index contributed by atoms with van der Waals surface area (Å²) in [5, 5.41) is 3.31. The van der Waals surface area contributed by atoms with Gasteiger partial charge in [-0.1, -0.05) is 11.6 Å². The molecule has 0 spiro atoms. The number of pyridine rings is 1. The van der Waals surface area contributed by atoms with Gasteiger partial charge in [0.15, 0.2) is 5.15 Å². The molecule has 0 atom stereocenters. The molecule has 0 amide bonds. The molecular weight excluding hydrogens is 250 g/mol. The molecule has 3 heterocycles. The highest BCUT2D eigenvalue weighted by Crippen LogP contribution is 2.31. The third-order valence-electron chi connectivity index (χ3n) is 1.91. The van der Waals surface area contributed by atoms with Gasteiger partial charge in [-0.2, -0.15) is 0 Å². The van der Waals surface area contributed by atoms with Crippen LogP contribution in [0.25, 0.3) is 20.9 Å². The van der Waals surface area contributed by atoms with Crippen molar-refractivity contribution in [2.45, 2.75) is 0 Å². The number of aromatic nitrogens is 3. The Morgan fingerprint density at radius 1 is 1.27 bits per heavy atom. The summed E-state index contributed by atoms with van der Waals surface area (Å²) in [6.45, 7) is 0. The van der Waals surface area contributed by atoms with E-state index in [-0.39, 0.29) is 0 Å². The Kier molecular flexibility index (Phi) is 2.16. The summed E-state index contributed by atoms with van der Waals surface area (Å²) >= 11 is 9.08. The quantitative estimate of drug-likeness (QED) is 0.624. The molecule has 0 aromatic carbocycles. The first-order valence-electron chi connectivity index (χ1n) is 4.14. The first-order valence-corrected chi connectivity index (χ1v) is 6.28. The van der Waals surface area contributed by atoms with Crippen LogP contribution in [0.2, 0.25) is 5.15 Å². The van der Waals surface area contributed by atoms with E-state index in [2.05, 4.69) is 15.0 Å². The summed E-state index contributed by atoms with van der Waals surface area (Å²) in [5.41, 5.74) is 3.45. The fourth-order valence-electron chi connectivity index (χ4n) is 1.25. The molecule has 0 saturated heterocycles. The number of thiazole rings is 2. The van der Waals surface area contributed by atoms with Gasteiger partial charge in [-0.3, -0.25) is 0 Å². The minimum Gasteiger partial charge on any atom is -0.242 e. The minimum absolute atomic E-state index is 0.449. The molecule has 0 saturated carbocycles. The minimum atomic E-state index is 0.449. The molecule has 0 bridgehead atoms. The topological polar surface area (TPSA) is 38.7 Å². The molecule has 3 aromatic rings. The summed E-state index contributed by atoms with van der Waals surface area (Å²) in [6, 6.07) is 1.91. The number of fused-ring (bicyclic) bond motifs is 1. The van der Waals surface area contributed by atoms with E-state index >= 15 is 0 Å². The summed E-state index contributed by atoms with van der Waals surface area (Å²) in [5.74, 6) is 0. The lowest BCUT2D eigenvalue weighted by molar-refractivity contribution is 1.32. The zero-order valence-electron chi connectivity index (χ0n) is 7.35. The molecule has 0 aliphatic heterocycles. The lowest BCUT2D eigenvalue weighted by Gasteiger charge is -1.87. The van der Waals surface area contributed by atoms with Crippen LogP contribution in [0.3, 0.4) is 0 Å². The SMILES string of the molecule is Clc1nccc2sc(-c3cscn3)nc12. The van der Waals surface area contributed by atoms with Crippen molar-refractivity contribution in [3.63, 3.8) is 0 Å². The normalized spacial score (nSPS) is 11.0. The third-order valence-corrected chi connectivity index (χ3v) is 3.82. The maximum atomic E-state index is 5.95. The Morgan fingerprint density at radius 3 is 2.93 bits per heavy atom.